The van der Waals surface area contributed by atoms with Gasteiger partial charge in [-0.2, -0.15) is 0 Å². The molecule has 2 rings (SSSR count). The van der Waals surface area contributed by atoms with Crippen LogP contribution in [0.5, 0.6) is 0 Å². The average molecular weight is 289 g/mol. The Bertz CT molecular complexity index is 523. The van der Waals surface area contributed by atoms with Crippen LogP contribution in [0.25, 0.3) is 0 Å². The Hall–Kier alpha value is -1.50. The lowest BCUT2D eigenvalue weighted by molar-refractivity contribution is -0.173. The second kappa shape index (κ2) is 4.64. The number of nitrogens with one attached hydrogen (secondary N) is 1. The number of carbonyl (C=O) groups is 1. The van der Waals surface area contributed by atoms with E-state index in [0.717, 1.165) is 0 Å². The Morgan fingerprint density at radius 3 is 2.72 bits per heavy atom. The number of nitrogens with zero attached hydrogens (tertiary/aromatic N) is 2. The second-order valence-corrected chi connectivity index (χ2v) is 4.42. The van der Waals surface area contributed by atoms with Crippen molar-refractivity contribution >= 4 is 35.1 Å². The minimum Gasteiger partial charge on any atom is -0.369 e. The van der Waals surface area contributed by atoms with Crippen LogP contribution in [0.15, 0.2) is 18.2 Å². The molecule has 1 saturated heterocycles. The number of hydroxylamine groups is 1. The molecule has 1 aromatic carbocycles. The van der Waals surface area contributed by atoms with Gasteiger partial charge in [0.1, 0.15) is 0 Å². The minimum absolute atomic E-state index is 0.253. The Labute approximate surface area is 113 Å². The number of nitrogens with two attached hydrogens (primary N) is 1. The fraction of sp³-hybridized carbons (Fsp3) is 0.200. The average Bonchev–Trinajstić information content (AvgIpc) is 2.95. The molecule has 1 fully saturated rings. The van der Waals surface area contributed by atoms with E-state index in [1.807, 2.05) is 0 Å². The maximum absolute atomic E-state index is 10.9. The Morgan fingerprint density at radius 2 is 2.17 bits per heavy atom. The third-order valence-corrected chi connectivity index (χ3v) is 3.16. The summed E-state index contributed by atoms with van der Waals surface area (Å²) < 4.78 is 0. The third-order valence-electron chi connectivity index (χ3n) is 2.33. The summed E-state index contributed by atoms with van der Waals surface area (Å²) in [5.74, 6) is -0.765. The molecule has 0 aliphatic carbocycles. The largest absolute Gasteiger partial charge is 0.369 e. The number of hydrogen-bond donors (Lipinski definition) is 2. The zero-order chi connectivity index (χ0) is 13.4. The van der Waals surface area contributed by atoms with Crippen molar-refractivity contribution in [2.24, 2.45) is 5.73 Å². The summed E-state index contributed by atoms with van der Waals surface area (Å²) in [6, 6.07) is 5.08. The monoisotopic (exact) mass is 288 g/mol. The van der Waals surface area contributed by atoms with Crippen LogP contribution in [0.4, 0.5) is 0 Å². The van der Waals surface area contributed by atoms with Gasteiger partial charge in [0.05, 0.1) is 10.0 Å². The van der Waals surface area contributed by atoms with E-state index in [-0.39, 0.29) is 5.96 Å². The molecule has 0 spiro atoms. The maximum atomic E-state index is 10.9. The van der Waals surface area contributed by atoms with Gasteiger partial charge in [0.25, 0.3) is 0 Å². The molecule has 0 bridgehead atoms. The number of hydrogen-bond acceptors (Lipinski definition) is 4. The van der Waals surface area contributed by atoms with Crippen LogP contribution in [0, 0.1) is 5.41 Å². The molecule has 1 aromatic rings. The summed E-state index contributed by atoms with van der Waals surface area (Å²) in [5, 5.41) is 10.6. The van der Waals surface area contributed by atoms with Crippen molar-refractivity contribution in [3.8, 4) is 0 Å². The van der Waals surface area contributed by atoms with Crippen LogP contribution in [-0.4, -0.2) is 22.1 Å². The molecule has 6 nitrogen and oxygen atoms in total. The Kier molecular flexibility index (Phi) is 3.34. The van der Waals surface area contributed by atoms with E-state index in [2.05, 4.69) is 0 Å². The van der Waals surface area contributed by atoms with Crippen molar-refractivity contribution in [3.05, 3.63) is 33.8 Å². The highest BCUT2D eigenvalue weighted by Crippen LogP contribution is 2.45. The van der Waals surface area contributed by atoms with E-state index >= 15 is 0 Å². The molecule has 18 heavy (non-hydrogen) atoms. The summed E-state index contributed by atoms with van der Waals surface area (Å²) >= 11 is 12.0. The van der Waals surface area contributed by atoms with Gasteiger partial charge in [-0.25, -0.2) is 5.01 Å². The molecule has 2 unspecified atom stereocenters. The maximum Gasteiger partial charge on any atom is 0.324 e. The molecule has 96 valence electrons. The third kappa shape index (κ3) is 2.22. The number of hydrazine groups is 1. The minimum atomic E-state index is -0.516. The van der Waals surface area contributed by atoms with Gasteiger partial charge in [0.15, 0.2) is 6.17 Å². The zero-order valence-electron chi connectivity index (χ0n) is 9.35. The molecule has 3 N–H and O–H groups in total. The smallest absolute Gasteiger partial charge is 0.324 e. The van der Waals surface area contributed by atoms with Crippen molar-refractivity contribution < 1.29 is 9.63 Å². The van der Waals surface area contributed by atoms with Gasteiger partial charge in [0, 0.05) is 12.5 Å². The van der Waals surface area contributed by atoms with Crippen LogP contribution in [0.2, 0.25) is 10.0 Å². The van der Waals surface area contributed by atoms with Crippen molar-refractivity contribution in [2.45, 2.75) is 13.1 Å². The molecular weight excluding hydrogens is 279 g/mol. The highest BCUT2D eigenvalue weighted by atomic mass is 35.5. The molecule has 1 heterocycles. The lowest BCUT2D eigenvalue weighted by atomic mass is 10.2. The number of carbonyl (C=O) groups excluding carboxylic acids is 1. The highest BCUT2D eigenvalue weighted by molar-refractivity contribution is 6.42. The summed E-state index contributed by atoms with van der Waals surface area (Å²) in [4.78, 5) is 15.8. The van der Waals surface area contributed by atoms with Gasteiger partial charge < -0.3 is 10.6 Å². The quantitative estimate of drug-likeness (QED) is 0.493. The molecule has 0 amide bonds. The standard InChI is InChI=1S/C10H10Cl2N4O2/c1-5(17)18-16-9(15(16)10(13)14)6-3-2-4-7(11)8(6)12/h2-4,9H,1H3,(H3,13,14). The molecule has 2 atom stereocenters. The second-order valence-electron chi connectivity index (χ2n) is 3.63. The molecule has 8 heteroatoms. The van der Waals surface area contributed by atoms with Crippen LogP contribution in [-0.2, 0) is 9.63 Å². The molecular formula is C10H10Cl2N4O2. The van der Waals surface area contributed by atoms with Crippen molar-refractivity contribution in [3.63, 3.8) is 0 Å². The lowest BCUT2D eigenvalue weighted by Gasteiger charge is -2.02. The molecule has 0 aromatic heterocycles. The SMILES string of the molecule is CC(=O)ON1C(c2cccc(Cl)c2Cl)N1C(=N)N. The van der Waals surface area contributed by atoms with Gasteiger partial charge in [-0.1, -0.05) is 35.3 Å². The van der Waals surface area contributed by atoms with Gasteiger partial charge in [-0.15, -0.1) is 0 Å². The predicted octanol–water partition coefficient (Wildman–Crippen LogP) is 1.90. The fourth-order valence-corrected chi connectivity index (χ4v) is 2.00. The molecule has 0 radical (unpaired) electrons. The van der Waals surface area contributed by atoms with E-state index in [0.29, 0.717) is 15.6 Å². The number of rotatable bonds is 2. The molecule has 0 saturated carbocycles. The lowest BCUT2D eigenvalue weighted by Crippen LogP contribution is -2.24. The summed E-state index contributed by atoms with van der Waals surface area (Å²) in [6.07, 6.45) is -0.516. The Balaban J connectivity index is 2.30. The number of halogens is 2. The van der Waals surface area contributed by atoms with Gasteiger partial charge in [-0.05, 0) is 11.2 Å². The van der Waals surface area contributed by atoms with E-state index in [9.17, 15) is 4.79 Å². The fourth-order valence-electron chi connectivity index (χ4n) is 1.59. The number of guanidine groups is 1. The van der Waals surface area contributed by atoms with Crippen molar-refractivity contribution in [1.82, 2.24) is 10.2 Å². The van der Waals surface area contributed by atoms with Crippen LogP contribution in [0.3, 0.4) is 0 Å². The summed E-state index contributed by atoms with van der Waals surface area (Å²) in [7, 11) is 0. The zero-order valence-corrected chi connectivity index (χ0v) is 10.9. The van der Waals surface area contributed by atoms with Crippen molar-refractivity contribution in [2.75, 3.05) is 0 Å². The molecule has 1 aliphatic heterocycles. The highest BCUT2D eigenvalue weighted by Gasteiger charge is 2.52. The topological polar surface area (TPSA) is 82.2 Å². The van der Waals surface area contributed by atoms with Gasteiger partial charge >= 0.3 is 5.97 Å². The summed E-state index contributed by atoms with van der Waals surface area (Å²) in [5.41, 5.74) is 5.99. The van der Waals surface area contributed by atoms with Crippen LogP contribution >= 0.6 is 23.2 Å². The van der Waals surface area contributed by atoms with E-state index in [1.54, 1.807) is 18.2 Å². The van der Waals surface area contributed by atoms with Crippen molar-refractivity contribution in [1.29, 1.82) is 5.41 Å². The molecule has 1 aliphatic rings. The van der Waals surface area contributed by atoms with Gasteiger partial charge in [-0.3, -0.25) is 10.2 Å². The normalized spacial score (nSPS) is 21.6. The first-order valence-electron chi connectivity index (χ1n) is 4.98. The first-order chi connectivity index (χ1) is 8.43. The first kappa shape index (κ1) is 12.9. The number of benzene rings is 1. The van der Waals surface area contributed by atoms with Crippen LogP contribution in [0.1, 0.15) is 18.7 Å². The first-order valence-corrected chi connectivity index (χ1v) is 5.74. The van der Waals surface area contributed by atoms with E-state index in [4.69, 9.17) is 39.2 Å². The summed E-state index contributed by atoms with van der Waals surface area (Å²) in [6.45, 7) is 1.26. The van der Waals surface area contributed by atoms with Gasteiger partial charge in [0.2, 0.25) is 5.96 Å². The predicted molar refractivity (Wildman–Crippen MR) is 66.6 cm³/mol. The van der Waals surface area contributed by atoms with E-state index < -0.39 is 12.1 Å². The Morgan fingerprint density at radius 1 is 1.50 bits per heavy atom. The van der Waals surface area contributed by atoms with E-state index in [1.165, 1.54) is 17.1 Å². The van der Waals surface area contributed by atoms with Crippen LogP contribution < -0.4 is 5.73 Å².